The summed E-state index contributed by atoms with van der Waals surface area (Å²) in [6.45, 7) is 12.9. The van der Waals surface area contributed by atoms with Gasteiger partial charge in [-0.05, 0) is 61.7 Å². The normalized spacial score (nSPS) is 25.2. The highest BCUT2D eigenvalue weighted by Gasteiger charge is 2.60. The lowest BCUT2D eigenvalue weighted by Crippen LogP contribution is -2.61. The fraction of sp³-hybridized carbons (Fsp3) is 0.565. The number of rotatable bonds is 6. The lowest BCUT2D eigenvalue weighted by molar-refractivity contribution is -0.274. The average molecular weight is 469 g/mol. The predicted molar refractivity (Wildman–Crippen MR) is 118 cm³/mol. The molecule has 1 aliphatic rings. The first kappa shape index (κ1) is 24.7. The van der Waals surface area contributed by atoms with Crippen LogP contribution >= 0.6 is 0 Å². The Balaban J connectivity index is 1.93. The smallest absolute Gasteiger partial charge is 0.412 e. The van der Waals surface area contributed by atoms with Crippen molar-refractivity contribution in [1.82, 2.24) is 9.97 Å². The molecule has 1 atom stereocenters. The van der Waals surface area contributed by atoms with Gasteiger partial charge in [0, 0.05) is 17.8 Å². The lowest BCUT2D eigenvalue weighted by atomic mass is 9.54. The number of aliphatic hydroxyl groups excluding tert-OH is 1. The highest BCUT2D eigenvalue weighted by Crippen LogP contribution is 2.59. The van der Waals surface area contributed by atoms with Crippen molar-refractivity contribution in [2.75, 3.05) is 0 Å². The number of hydrogen-bond donors (Lipinski definition) is 1. The van der Waals surface area contributed by atoms with E-state index in [1.807, 2.05) is 6.92 Å². The Kier molecular flexibility index (Phi) is 6.25. The second-order valence-electron chi connectivity index (χ2n) is 10.4. The van der Waals surface area contributed by atoms with Crippen LogP contribution in [0.2, 0.25) is 18.1 Å². The molecule has 9 heteroatoms. The molecule has 176 valence electrons. The molecule has 32 heavy (non-hydrogen) atoms. The minimum Gasteiger partial charge on any atom is -0.412 e. The van der Waals surface area contributed by atoms with E-state index in [-0.39, 0.29) is 16.6 Å². The molecule has 1 aliphatic carbocycles. The molecule has 0 aliphatic heterocycles. The summed E-state index contributed by atoms with van der Waals surface area (Å²) in [6, 6.07) is 7.34. The van der Waals surface area contributed by atoms with Crippen molar-refractivity contribution in [3.05, 3.63) is 54.1 Å². The Morgan fingerprint density at radius 3 is 2.03 bits per heavy atom. The van der Waals surface area contributed by atoms with E-state index in [0.29, 0.717) is 18.4 Å². The maximum absolute atomic E-state index is 12.6. The fourth-order valence-corrected chi connectivity index (χ4v) is 6.05. The summed E-state index contributed by atoms with van der Waals surface area (Å²) in [5.41, 5.74) is -0.557. The Labute approximate surface area is 188 Å². The Hall–Kier alpha value is -1.97. The van der Waals surface area contributed by atoms with E-state index >= 15 is 0 Å². The van der Waals surface area contributed by atoms with Crippen molar-refractivity contribution in [3.8, 4) is 5.75 Å². The van der Waals surface area contributed by atoms with Gasteiger partial charge < -0.3 is 14.3 Å². The minimum absolute atomic E-state index is 0.0198. The molecule has 5 nitrogen and oxygen atoms in total. The second kappa shape index (κ2) is 8.11. The summed E-state index contributed by atoms with van der Waals surface area (Å²) in [4.78, 5) is 8.43. The van der Waals surface area contributed by atoms with E-state index in [1.54, 1.807) is 30.6 Å². The fourth-order valence-electron chi connectivity index (χ4n) is 4.37. The molecule has 1 aromatic carbocycles. The number of alkyl halides is 3. The molecule has 0 amide bonds. The van der Waals surface area contributed by atoms with Crippen LogP contribution in [0.3, 0.4) is 0 Å². The molecule has 0 spiro atoms. The van der Waals surface area contributed by atoms with Crippen LogP contribution in [0.15, 0.2) is 42.7 Å². The van der Waals surface area contributed by atoms with Gasteiger partial charge in [0.15, 0.2) is 14.1 Å². The molecule has 1 fully saturated rings. The molecule has 1 heterocycles. The summed E-state index contributed by atoms with van der Waals surface area (Å²) in [7, 11) is -2.08. The zero-order chi connectivity index (χ0) is 24.0. The average Bonchev–Trinajstić information content (AvgIpc) is 2.64. The monoisotopic (exact) mass is 468 g/mol. The van der Waals surface area contributed by atoms with Gasteiger partial charge in [0.25, 0.3) is 0 Å². The van der Waals surface area contributed by atoms with Crippen LogP contribution in [0.5, 0.6) is 5.75 Å². The van der Waals surface area contributed by atoms with Crippen LogP contribution in [-0.4, -0.2) is 35.4 Å². The number of benzene rings is 1. The molecule has 0 unspecified atom stereocenters. The zero-order valence-electron chi connectivity index (χ0n) is 19.3. The molecular weight excluding hydrogens is 437 g/mol. The van der Waals surface area contributed by atoms with Gasteiger partial charge in [0.2, 0.25) is 0 Å². The van der Waals surface area contributed by atoms with Gasteiger partial charge in [-0.15, -0.1) is 13.2 Å². The Bertz CT molecular complexity index is 922. The summed E-state index contributed by atoms with van der Waals surface area (Å²) >= 11 is 0. The first-order valence-electron chi connectivity index (χ1n) is 10.6. The standard InChI is InChI=1S/C23H31F3N2O3Si/c1-20(2,3)32(5,6)31-21(4)14-22(15-21,18(29)19-27-12-7-13-28-19)16-8-10-17(11-9-16)30-23(24,25)26/h7-13,18,29H,14-15H2,1-6H3/t18-,21-,22-/m1/s1. The third kappa shape index (κ3) is 4.99. The number of aromatic nitrogens is 2. The highest BCUT2D eigenvalue weighted by atomic mass is 28.4. The van der Waals surface area contributed by atoms with Gasteiger partial charge in [0.1, 0.15) is 11.9 Å². The number of aliphatic hydroxyl groups is 1. The number of ether oxygens (including phenoxy) is 1. The van der Waals surface area contributed by atoms with E-state index in [1.165, 1.54) is 12.1 Å². The van der Waals surface area contributed by atoms with Crippen molar-refractivity contribution in [2.45, 2.75) is 82.2 Å². The van der Waals surface area contributed by atoms with E-state index in [4.69, 9.17) is 4.43 Å². The molecule has 0 saturated heterocycles. The molecule has 0 radical (unpaired) electrons. The largest absolute Gasteiger partial charge is 0.573 e. The summed E-state index contributed by atoms with van der Waals surface area (Å²) in [5.74, 6) is -0.0287. The van der Waals surface area contributed by atoms with Crippen LogP contribution in [0, 0.1) is 0 Å². The summed E-state index contributed by atoms with van der Waals surface area (Å²) in [6.07, 6.45) is -1.69. The van der Waals surface area contributed by atoms with Gasteiger partial charge >= 0.3 is 6.36 Å². The van der Waals surface area contributed by atoms with Crippen LogP contribution < -0.4 is 4.74 Å². The van der Waals surface area contributed by atoms with Gasteiger partial charge in [-0.3, -0.25) is 0 Å². The summed E-state index contributed by atoms with van der Waals surface area (Å²) < 4.78 is 48.4. The second-order valence-corrected chi connectivity index (χ2v) is 15.1. The number of hydrogen-bond acceptors (Lipinski definition) is 5. The molecule has 2 aromatic rings. The maximum Gasteiger partial charge on any atom is 0.573 e. The van der Waals surface area contributed by atoms with Crippen molar-refractivity contribution in [2.24, 2.45) is 0 Å². The van der Waals surface area contributed by atoms with Gasteiger partial charge in [-0.25, -0.2) is 9.97 Å². The molecule has 0 bridgehead atoms. The lowest BCUT2D eigenvalue weighted by Gasteiger charge is -2.59. The van der Waals surface area contributed by atoms with E-state index in [0.717, 1.165) is 0 Å². The topological polar surface area (TPSA) is 64.5 Å². The molecule has 3 rings (SSSR count). The predicted octanol–water partition coefficient (Wildman–Crippen LogP) is 5.92. The highest BCUT2D eigenvalue weighted by molar-refractivity contribution is 6.74. The third-order valence-corrected chi connectivity index (χ3v) is 11.3. The Morgan fingerprint density at radius 1 is 1.03 bits per heavy atom. The van der Waals surface area contributed by atoms with E-state index in [9.17, 15) is 18.3 Å². The minimum atomic E-state index is -4.76. The first-order valence-corrected chi connectivity index (χ1v) is 13.5. The zero-order valence-corrected chi connectivity index (χ0v) is 20.3. The van der Waals surface area contributed by atoms with Gasteiger partial charge in [-0.2, -0.15) is 0 Å². The van der Waals surface area contributed by atoms with E-state index in [2.05, 4.69) is 48.6 Å². The summed E-state index contributed by atoms with van der Waals surface area (Å²) in [5, 5.41) is 11.3. The van der Waals surface area contributed by atoms with Crippen LogP contribution in [0.1, 0.15) is 58.0 Å². The van der Waals surface area contributed by atoms with Crippen molar-refractivity contribution in [3.63, 3.8) is 0 Å². The van der Waals surface area contributed by atoms with Crippen molar-refractivity contribution >= 4 is 8.32 Å². The van der Waals surface area contributed by atoms with Crippen LogP contribution in [0.25, 0.3) is 0 Å². The van der Waals surface area contributed by atoms with E-state index < -0.39 is 31.8 Å². The SMILES string of the molecule is CC(C)(C)[Si](C)(C)O[C@]1(C)C[C@@](c2ccc(OC(F)(F)F)cc2)([C@H](O)c2ncccn2)C1. The molecular formula is C23H31F3N2O3Si. The third-order valence-electron chi connectivity index (χ3n) is 6.70. The molecule has 1 aromatic heterocycles. The van der Waals surface area contributed by atoms with Gasteiger partial charge in [0.05, 0.1) is 5.60 Å². The molecule has 1 saturated carbocycles. The van der Waals surface area contributed by atoms with Crippen molar-refractivity contribution in [1.29, 1.82) is 0 Å². The van der Waals surface area contributed by atoms with Crippen LogP contribution in [-0.2, 0) is 9.84 Å². The van der Waals surface area contributed by atoms with Crippen LogP contribution in [0.4, 0.5) is 13.2 Å². The Morgan fingerprint density at radius 2 is 1.56 bits per heavy atom. The first-order chi connectivity index (χ1) is 14.6. The quantitative estimate of drug-likeness (QED) is 0.533. The molecule has 1 N–H and O–H groups in total. The van der Waals surface area contributed by atoms with Crippen molar-refractivity contribution < 1.29 is 27.4 Å². The maximum atomic E-state index is 12.6. The number of halogens is 3. The number of nitrogens with zero attached hydrogens (tertiary/aromatic N) is 2. The van der Waals surface area contributed by atoms with Gasteiger partial charge in [-0.1, -0.05) is 32.9 Å².